The lowest BCUT2D eigenvalue weighted by Crippen LogP contribution is -2.22. The molecule has 5 nitrogen and oxygen atoms in total. The van der Waals surface area contributed by atoms with Crippen LogP contribution >= 0.6 is 11.6 Å². The maximum absolute atomic E-state index is 12.1. The van der Waals surface area contributed by atoms with E-state index in [4.69, 9.17) is 21.1 Å². The highest BCUT2D eigenvalue weighted by Crippen LogP contribution is 2.18. The van der Waals surface area contributed by atoms with Crippen LogP contribution in [0.25, 0.3) is 0 Å². The molecule has 0 spiro atoms. The minimum absolute atomic E-state index is 0.0000598. The van der Waals surface area contributed by atoms with Crippen LogP contribution in [0.1, 0.15) is 44.7 Å². The molecule has 2 rings (SSSR count). The first-order chi connectivity index (χ1) is 10.4. The Bertz CT molecular complexity index is 721. The number of amides is 1. The first kappa shape index (κ1) is 16.1. The zero-order valence-corrected chi connectivity index (χ0v) is 13.0. The van der Waals surface area contributed by atoms with Crippen LogP contribution in [0.4, 0.5) is 0 Å². The fourth-order valence-electron chi connectivity index (χ4n) is 2.07. The van der Waals surface area contributed by atoms with E-state index < -0.39 is 11.9 Å². The number of aryl methyl sites for hydroxylation is 2. The molecular weight excluding hydrogens is 306 g/mol. The maximum atomic E-state index is 12.1. The Hall–Kier alpha value is -2.27. The Morgan fingerprint density at radius 3 is 2.59 bits per heavy atom. The van der Waals surface area contributed by atoms with Crippen molar-refractivity contribution in [1.82, 2.24) is 5.32 Å². The lowest BCUT2D eigenvalue weighted by Gasteiger charge is -2.05. The number of aromatic carboxylic acids is 1. The molecule has 0 unspecified atom stereocenters. The highest BCUT2D eigenvalue weighted by atomic mass is 35.5. The fourth-order valence-corrected chi connectivity index (χ4v) is 2.19. The summed E-state index contributed by atoms with van der Waals surface area (Å²) in [5.41, 5.74) is 1.85. The number of carbonyl (C=O) groups is 2. The second kappa shape index (κ2) is 6.66. The topological polar surface area (TPSA) is 79.5 Å². The van der Waals surface area contributed by atoms with E-state index in [1.165, 1.54) is 6.07 Å². The van der Waals surface area contributed by atoms with Gasteiger partial charge in [-0.25, -0.2) is 4.79 Å². The van der Waals surface area contributed by atoms with Crippen LogP contribution < -0.4 is 5.32 Å². The van der Waals surface area contributed by atoms with Gasteiger partial charge in [0.05, 0.1) is 0 Å². The van der Waals surface area contributed by atoms with Crippen molar-refractivity contribution in [3.63, 3.8) is 0 Å². The molecule has 0 aliphatic carbocycles. The number of carboxylic acid groups (broad SMARTS) is 1. The standard InChI is InChI=1S/C16H16ClNO4/c1-3-13-11(16(20)21)7-14(22-13)15(19)18-8-10-4-5-12(17)9(2)6-10/h4-7H,3,8H2,1-2H3,(H,18,19)(H,20,21). The van der Waals surface area contributed by atoms with Crippen molar-refractivity contribution >= 4 is 23.5 Å². The van der Waals surface area contributed by atoms with Crippen molar-refractivity contribution in [2.75, 3.05) is 0 Å². The molecular formula is C16H16ClNO4. The van der Waals surface area contributed by atoms with E-state index in [-0.39, 0.29) is 11.3 Å². The predicted octanol–water partition coefficient (Wildman–Crippen LogP) is 3.43. The number of carbonyl (C=O) groups excluding carboxylic acids is 1. The van der Waals surface area contributed by atoms with Crippen molar-refractivity contribution in [2.24, 2.45) is 0 Å². The first-order valence-corrected chi connectivity index (χ1v) is 7.19. The number of hydrogen-bond acceptors (Lipinski definition) is 3. The molecule has 116 valence electrons. The van der Waals surface area contributed by atoms with E-state index in [2.05, 4.69) is 5.32 Å². The molecule has 22 heavy (non-hydrogen) atoms. The van der Waals surface area contributed by atoms with E-state index in [0.29, 0.717) is 23.7 Å². The Morgan fingerprint density at radius 2 is 2.05 bits per heavy atom. The summed E-state index contributed by atoms with van der Waals surface area (Å²) in [6, 6.07) is 6.72. The number of benzene rings is 1. The summed E-state index contributed by atoms with van der Waals surface area (Å²) in [6.07, 6.45) is 0.408. The van der Waals surface area contributed by atoms with E-state index in [1.807, 2.05) is 19.1 Å². The lowest BCUT2D eigenvalue weighted by atomic mass is 10.1. The quantitative estimate of drug-likeness (QED) is 0.884. The highest BCUT2D eigenvalue weighted by Gasteiger charge is 2.19. The van der Waals surface area contributed by atoms with Crippen LogP contribution in [0.15, 0.2) is 28.7 Å². The minimum Gasteiger partial charge on any atom is -0.478 e. The molecule has 0 aliphatic heterocycles. The van der Waals surface area contributed by atoms with Crippen molar-refractivity contribution in [1.29, 1.82) is 0 Å². The van der Waals surface area contributed by atoms with E-state index in [9.17, 15) is 9.59 Å². The second-order valence-electron chi connectivity index (χ2n) is 4.87. The third-order valence-corrected chi connectivity index (χ3v) is 3.68. The smallest absolute Gasteiger partial charge is 0.339 e. The van der Waals surface area contributed by atoms with Crippen LogP contribution in [0.5, 0.6) is 0 Å². The summed E-state index contributed by atoms with van der Waals surface area (Å²) in [7, 11) is 0. The van der Waals surface area contributed by atoms with Crippen LogP contribution in [-0.2, 0) is 13.0 Å². The average molecular weight is 322 g/mol. The zero-order valence-electron chi connectivity index (χ0n) is 12.3. The summed E-state index contributed by atoms with van der Waals surface area (Å²) in [5, 5.41) is 12.4. The van der Waals surface area contributed by atoms with Gasteiger partial charge in [0.1, 0.15) is 11.3 Å². The van der Waals surface area contributed by atoms with Crippen molar-refractivity contribution in [3.8, 4) is 0 Å². The van der Waals surface area contributed by atoms with Crippen LogP contribution in [0.3, 0.4) is 0 Å². The van der Waals surface area contributed by atoms with Crippen LogP contribution in [-0.4, -0.2) is 17.0 Å². The summed E-state index contributed by atoms with van der Waals surface area (Å²) in [6.45, 7) is 3.96. The van der Waals surface area contributed by atoms with Gasteiger partial charge >= 0.3 is 5.97 Å². The normalized spacial score (nSPS) is 10.5. The van der Waals surface area contributed by atoms with Gasteiger partial charge in [-0.1, -0.05) is 30.7 Å². The molecule has 0 radical (unpaired) electrons. The van der Waals surface area contributed by atoms with Gasteiger partial charge in [0.2, 0.25) is 0 Å². The molecule has 2 N–H and O–H groups in total. The maximum Gasteiger partial charge on any atom is 0.339 e. The van der Waals surface area contributed by atoms with Crippen molar-refractivity contribution in [3.05, 3.63) is 57.5 Å². The molecule has 1 amide bonds. The first-order valence-electron chi connectivity index (χ1n) is 6.81. The third kappa shape index (κ3) is 3.49. The predicted molar refractivity (Wildman–Crippen MR) is 82.4 cm³/mol. The van der Waals surface area contributed by atoms with E-state index >= 15 is 0 Å². The number of hydrogen-bond donors (Lipinski definition) is 2. The molecule has 0 saturated heterocycles. The number of carboxylic acids is 1. The van der Waals surface area contributed by atoms with E-state index in [1.54, 1.807) is 13.0 Å². The van der Waals surface area contributed by atoms with Gasteiger partial charge < -0.3 is 14.8 Å². The number of nitrogens with one attached hydrogen (secondary N) is 1. The van der Waals surface area contributed by atoms with Gasteiger partial charge in [-0.15, -0.1) is 0 Å². The van der Waals surface area contributed by atoms with E-state index in [0.717, 1.165) is 11.1 Å². The molecule has 1 aromatic carbocycles. The number of furan rings is 1. The van der Waals surface area contributed by atoms with Gasteiger partial charge in [0.25, 0.3) is 5.91 Å². The van der Waals surface area contributed by atoms with Crippen molar-refractivity contribution < 1.29 is 19.1 Å². The summed E-state index contributed by atoms with van der Waals surface area (Å²) >= 11 is 5.95. The zero-order chi connectivity index (χ0) is 16.3. The number of rotatable bonds is 5. The van der Waals surface area contributed by atoms with Gasteiger partial charge in [-0.2, -0.15) is 0 Å². The molecule has 0 fully saturated rings. The third-order valence-electron chi connectivity index (χ3n) is 3.26. The number of halogens is 1. The SMILES string of the molecule is CCc1oc(C(=O)NCc2ccc(Cl)c(C)c2)cc1C(=O)O. The Labute approximate surface area is 132 Å². The molecule has 6 heteroatoms. The molecule has 0 bridgehead atoms. The molecule has 0 aliphatic rings. The average Bonchev–Trinajstić information content (AvgIpc) is 2.92. The Kier molecular flexibility index (Phi) is 4.88. The van der Waals surface area contributed by atoms with Gasteiger partial charge in [0, 0.05) is 24.1 Å². The molecule has 1 aromatic heterocycles. The second-order valence-corrected chi connectivity index (χ2v) is 5.28. The minimum atomic E-state index is -1.10. The van der Waals surface area contributed by atoms with Gasteiger partial charge in [-0.3, -0.25) is 4.79 Å². The molecule has 2 aromatic rings. The summed E-state index contributed by atoms with van der Waals surface area (Å²) in [4.78, 5) is 23.1. The van der Waals surface area contributed by atoms with Crippen LogP contribution in [0.2, 0.25) is 5.02 Å². The summed E-state index contributed by atoms with van der Waals surface area (Å²) in [5.74, 6) is -1.26. The monoisotopic (exact) mass is 321 g/mol. The molecule has 1 heterocycles. The Morgan fingerprint density at radius 1 is 1.32 bits per heavy atom. The van der Waals surface area contributed by atoms with Gasteiger partial charge in [0.15, 0.2) is 5.76 Å². The summed E-state index contributed by atoms with van der Waals surface area (Å²) < 4.78 is 5.30. The fraction of sp³-hybridized carbons (Fsp3) is 0.250. The lowest BCUT2D eigenvalue weighted by molar-refractivity contribution is 0.0694. The highest BCUT2D eigenvalue weighted by molar-refractivity contribution is 6.31. The van der Waals surface area contributed by atoms with Gasteiger partial charge in [-0.05, 0) is 24.1 Å². The largest absolute Gasteiger partial charge is 0.478 e. The van der Waals surface area contributed by atoms with Crippen LogP contribution in [0, 0.1) is 6.92 Å². The molecule has 0 atom stereocenters. The molecule has 0 saturated carbocycles. The Balaban J connectivity index is 2.09. The van der Waals surface area contributed by atoms with Crippen molar-refractivity contribution in [2.45, 2.75) is 26.8 Å².